The van der Waals surface area contributed by atoms with E-state index in [2.05, 4.69) is 15.9 Å². The second-order valence-electron chi connectivity index (χ2n) is 5.79. The number of halogens is 1. The van der Waals surface area contributed by atoms with Gasteiger partial charge in [-0.25, -0.2) is 0 Å². The van der Waals surface area contributed by atoms with Crippen LogP contribution in [-0.2, 0) is 4.79 Å². The maximum absolute atomic E-state index is 12.7. The minimum absolute atomic E-state index is 0.223. The summed E-state index contributed by atoms with van der Waals surface area (Å²) in [6.45, 7) is -0.296. The molecule has 2 amide bonds. The van der Waals surface area contributed by atoms with Crippen molar-refractivity contribution in [2.24, 2.45) is 0 Å². The second kappa shape index (κ2) is 8.62. The Labute approximate surface area is 174 Å². The van der Waals surface area contributed by atoms with Crippen molar-refractivity contribution in [3.8, 4) is 11.5 Å². The van der Waals surface area contributed by atoms with Crippen LogP contribution in [0.25, 0.3) is 6.08 Å². The van der Waals surface area contributed by atoms with E-state index in [1.54, 1.807) is 48.5 Å². The van der Waals surface area contributed by atoms with Gasteiger partial charge in [0.05, 0.1) is 30.1 Å². The molecule has 0 aliphatic carbocycles. The van der Waals surface area contributed by atoms with Gasteiger partial charge in [-0.3, -0.25) is 19.3 Å². The van der Waals surface area contributed by atoms with Crippen molar-refractivity contribution in [3.05, 3.63) is 63.0 Å². The van der Waals surface area contributed by atoms with Crippen LogP contribution in [0.1, 0.15) is 15.9 Å². The summed E-state index contributed by atoms with van der Waals surface area (Å²) in [7, 11) is 3.04. The molecule has 1 aliphatic rings. The Kier molecular flexibility index (Phi) is 6.21. The van der Waals surface area contributed by atoms with Crippen molar-refractivity contribution in [1.29, 1.82) is 0 Å². The first kappa shape index (κ1) is 20.2. The summed E-state index contributed by atoms with van der Waals surface area (Å²) in [5.74, 6) is 0.268. The van der Waals surface area contributed by atoms with Gasteiger partial charge in [0.2, 0.25) is 0 Å². The Morgan fingerprint density at radius 2 is 1.79 bits per heavy atom. The molecule has 0 atom stereocenters. The summed E-state index contributed by atoms with van der Waals surface area (Å²) < 4.78 is 11.3. The highest BCUT2D eigenvalue weighted by Gasteiger charge is 2.36. The van der Waals surface area contributed by atoms with Crippen LogP contribution in [0.4, 0.5) is 4.79 Å². The van der Waals surface area contributed by atoms with Crippen molar-refractivity contribution in [1.82, 2.24) is 4.90 Å². The molecule has 144 valence electrons. The summed E-state index contributed by atoms with van der Waals surface area (Å²) in [4.78, 5) is 38.5. The third kappa shape index (κ3) is 4.13. The van der Waals surface area contributed by atoms with Crippen LogP contribution < -0.4 is 9.47 Å². The van der Waals surface area contributed by atoms with Crippen LogP contribution in [0.2, 0.25) is 0 Å². The number of hydrogen-bond donors (Lipinski definition) is 0. The smallest absolute Gasteiger partial charge is 0.293 e. The van der Waals surface area contributed by atoms with Crippen molar-refractivity contribution >= 4 is 50.7 Å². The van der Waals surface area contributed by atoms with Crippen LogP contribution in [0.3, 0.4) is 0 Å². The van der Waals surface area contributed by atoms with E-state index >= 15 is 0 Å². The number of nitrogens with zero attached hydrogens (tertiary/aromatic N) is 1. The third-order valence-electron chi connectivity index (χ3n) is 4.06. The third-order valence-corrected chi connectivity index (χ3v) is 5.59. The molecule has 8 heteroatoms. The quantitative estimate of drug-likeness (QED) is 0.469. The molecule has 6 nitrogen and oxygen atoms in total. The maximum atomic E-state index is 12.7. The number of methoxy groups -OCH3 is 2. The zero-order valence-electron chi connectivity index (χ0n) is 15.1. The molecule has 1 aliphatic heterocycles. The minimum atomic E-state index is -0.506. The first-order valence-electron chi connectivity index (χ1n) is 8.19. The van der Waals surface area contributed by atoms with Crippen molar-refractivity contribution in [2.75, 3.05) is 20.8 Å². The van der Waals surface area contributed by atoms with E-state index < -0.39 is 11.1 Å². The van der Waals surface area contributed by atoms with Crippen molar-refractivity contribution < 1.29 is 23.9 Å². The number of ketones is 1. The van der Waals surface area contributed by atoms with E-state index in [1.807, 2.05) is 0 Å². The van der Waals surface area contributed by atoms with E-state index in [4.69, 9.17) is 9.47 Å². The molecule has 0 N–H and O–H groups in total. The predicted octanol–water partition coefficient (Wildman–Crippen LogP) is 4.39. The summed E-state index contributed by atoms with van der Waals surface area (Å²) >= 11 is 4.19. The lowest BCUT2D eigenvalue weighted by Crippen LogP contribution is -2.33. The zero-order chi connectivity index (χ0) is 20.3. The molecule has 0 saturated carbocycles. The van der Waals surface area contributed by atoms with E-state index in [9.17, 15) is 14.4 Å². The summed E-state index contributed by atoms with van der Waals surface area (Å²) in [6.07, 6.45) is 1.57. The van der Waals surface area contributed by atoms with Gasteiger partial charge in [-0.2, -0.15) is 0 Å². The van der Waals surface area contributed by atoms with E-state index in [-0.39, 0.29) is 17.2 Å². The molecule has 0 bridgehead atoms. The van der Waals surface area contributed by atoms with Gasteiger partial charge in [-0.1, -0.05) is 30.3 Å². The Balaban J connectivity index is 1.85. The molecule has 0 radical (unpaired) electrons. The molecule has 28 heavy (non-hydrogen) atoms. The fourth-order valence-electron chi connectivity index (χ4n) is 2.63. The van der Waals surface area contributed by atoms with Gasteiger partial charge in [0.25, 0.3) is 11.1 Å². The standard InChI is InChI=1S/C20H16BrNO5S/c1-26-16-10-17(27-2)14(21)8-13(16)9-18-19(24)22(20(25)28-18)11-15(23)12-6-4-3-5-7-12/h3-10H,11H2,1-2H3. The average Bonchev–Trinajstić information content (AvgIpc) is 2.96. The van der Waals surface area contributed by atoms with Gasteiger partial charge in [-0.15, -0.1) is 0 Å². The van der Waals surface area contributed by atoms with Crippen LogP contribution in [0.15, 0.2) is 51.8 Å². The van der Waals surface area contributed by atoms with Gasteiger partial charge in [0.15, 0.2) is 5.78 Å². The Morgan fingerprint density at radius 3 is 2.43 bits per heavy atom. The lowest BCUT2D eigenvalue weighted by molar-refractivity contribution is -0.122. The monoisotopic (exact) mass is 461 g/mol. The highest BCUT2D eigenvalue weighted by Crippen LogP contribution is 2.37. The summed E-state index contributed by atoms with van der Waals surface area (Å²) in [5, 5.41) is -0.480. The predicted molar refractivity (Wildman–Crippen MR) is 111 cm³/mol. The molecule has 0 aromatic heterocycles. The number of ether oxygens (including phenoxy) is 2. The number of hydrogen-bond acceptors (Lipinski definition) is 6. The topological polar surface area (TPSA) is 72.9 Å². The lowest BCUT2D eigenvalue weighted by Gasteiger charge is -2.12. The van der Waals surface area contributed by atoms with E-state index in [1.165, 1.54) is 14.2 Å². The summed E-state index contributed by atoms with van der Waals surface area (Å²) in [5.41, 5.74) is 1.06. The van der Waals surface area contributed by atoms with Gasteiger partial charge in [0.1, 0.15) is 11.5 Å². The van der Waals surface area contributed by atoms with Crippen LogP contribution >= 0.6 is 27.7 Å². The minimum Gasteiger partial charge on any atom is -0.496 e. The zero-order valence-corrected chi connectivity index (χ0v) is 17.5. The first-order chi connectivity index (χ1) is 13.4. The Bertz CT molecular complexity index is 974. The number of Topliss-reactive ketones (excluding diaryl/α,β-unsaturated/α-hetero) is 1. The van der Waals surface area contributed by atoms with Crippen LogP contribution in [-0.4, -0.2) is 42.6 Å². The highest BCUT2D eigenvalue weighted by atomic mass is 79.9. The molecular weight excluding hydrogens is 446 g/mol. The fourth-order valence-corrected chi connectivity index (χ4v) is 3.98. The van der Waals surface area contributed by atoms with Crippen LogP contribution in [0, 0.1) is 0 Å². The molecule has 1 saturated heterocycles. The molecule has 1 heterocycles. The highest BCUT2D eigenvalue weighted by molar-refractivity contribution is 9.10. The SMILES string of the molecule is COc1cc(OC)c(C=C2SC(=O)N(CC(=O)c3ccccc3)C2=O)cc1Br. The molecular formula is C20H16BrNO5S. The second-order valence-corrected chi connectivity index (χ2v) is 7.63. The Hall–Kier alpha value is -2.58. The lowest BCUT2D eigenvalue weighted by atomic mass is 10.1. The number of thioether (sulfide) groups is 1. The summed E-state index contributed by atoms with van der Waals surface area (Å²) in [6, 6.07) is 12.0. The first-order valence-corrected chi connectivity index (χ1v) is 9.80. The van der Waals surface area contributed by atoms with E-state index in [0.717, 1.165) is 16.7 Å². The van der Waals surface area contributed by atoms with Gasteiger partial charge in [0, 0.05) is 17.2 Å². The molecule has 0 unspecified atom stereocenters. The van der Waals surface area contributed by atoms with Gasteiger partial charge >= 0.3 is 0 Å². The van der Waals surface area contributed by atoms with Crippen molar-refractivity contribution in [3.63, 3.8) is 0 Å². The number of carbonyl (C=O) groups excluding carboxylic acids is 3. The molecule has 2 aromatic carbocycles. The molecule has 1 fully saturated rings. The maximum Gasteiger partial charge on any atom is 0.293 e. The van der Waals surface area contributed by atoms with E-state index in [0.29, 0.717) is 27.1 Å². The normalized spacial score (nSPS) is 15.2. The number of amides is 2. The van der Waals surface area contributed by atoms with Crippen LogP contribution in [0.5, 0.6) is 11.5 Å². The number of imide groups is 1. The number of benzene rings is 2. The number of rotatable bonds is 6. The number of carbonyl (C=O) groups is 3. The average molecular weight is 462 g/mol. The largest absolute Gasteiger partial charge is 0.496 e. The molecule has 2 aromatic rings. The molecule has 0 spiro atoms. The molecule has 3 rings (SSSR count). The fraction of sp³-hybridized carbons (Fsp3) is 0.150. The Morgan fingerprint density at radius 1 is 1.11 bits per heavy atom. The van der Waals surface area contributed by atoms with Crippen molar-refractivity contribution in [2.45, 2.75) is 0 Å². The van der Waals surface area contributed by atoms with Gasteiger partial charge in [-0.05, 0) is 39.8 Å². The van der Waals surface area contributed by atoms with Gasteiger partial charge < -0.3 is 9.47 Å².